The molecule has 7 nitrogen and oxygen atoms in total. The number of anilines is 1. The highest BCUT2D eigenvalue weighted by Crippen LogP contribution is 2.18. The molecule has 1 aromatic heterocycles. The number of imidazole rings is 1. The van der Waals surface area contributed by atoms with Crippen LogP contribution in [0.15, 0.2) is 73.1 Å². The Morgan fingerprint density at radius 2 is 1.76 bits per heavy atom. The Balaban J connectivity index is 1.20. The third kappa shape index (κ3) is 4.84. The molecule has 0 unspecified atom stereocenters. The lowest BCUT2D eigenvalue weighted by Gasteiger charge is -2.35. The minimum atomic E-state index is -0.231. The number of hydrogen-bond donors (Lipinski definition) is 2. The fourth-order valence-electron chi connectivity index (χ4n) is 4.37. The molecule has 1 aliphatic rings. The van der Waals surface area contributed by atoms with Crippen LogP contribution in [0.1, 0.15) is 31.8 Å². The molecular formula is C27H27N5O2. The van der Waals surface area contributed by atoms with E-state index in [4.69, 9.17) is 0 Å². The number of fused-ring (bicyclic) bond motifs is 1. The molecule has 2 heterocycles. The summed E-state index contributed by atoms with van der Waals surface area (Å²) in [6.45, 7) is 6.05. The van der Waals surface area contributed by atoms with Crippen LogP contribution in [-0.4, -0.2) is 57.8 Å². The second-order valence-electron chi connectivity index (χ2n) is 8.73. The Hall–Kier alpha value is -3.97. The van der Waals surface area contributed by atoms with Gasteiger partial charge in [-0.15, -0.1) is 0 Å². The highest BCUT2D eigenvalue weighted by molar-refractivity contribution is 6.06. The van der Waals surface area contributed by atoms with Crippen LogP contribution in [0.2, 0.25) is 0 Å². The number of H-pyrrole nitrogens is 1. The van der Waals surface area contributed by atoms with E-state index in [-0.39, 0.29) is 11.8 Å². The fraction of sp³-hybridized carbons (Fsp3) is 0.222. The average Bonchev–Trinajstić information content (AvgIpc) is 3.32. The van der Waals surface area contributed by atoms with E-state index in [0.717, 1.165) is 30.7 Å². The number of aromatic nitrogens is 2. The standard InChI is InChI=1S/C27H27N5O2/c1-19-4-2-5-20(14-19)17-31-10-12-32(13-11-31)27(34)22-6-3-7-23(15-22)30-26(33)21-8-9-24-25(16-21)29-18-28-24/h2-9,14-16,18H,10-13,17H2,1H3,(H,28,29)(H,30,33). The second kappa shape index (κ2) is 9.49. The van der Waals surface area contributed by atoms with E-state index in [1.165, 1.54) is 11.1 Å². The summed E-state index contributed by atoms with van der Waals surface area (Å²) in [7, 11) is 0. The molecule has 0 saturated carbocycles. The SMILES string of the molecule is Cc1cccc(CN2CCN(C(=O)c3cccc(NC(=O)c4ccc5nc[nH]c5c4)c3)CC2)c1. The molecule has 0 aliphatic carbocycles. The maximum atomic E-state index is 13.1. The number of amides is 2. The summed E-state index contributed by atoms with van der Waals surface area (Å²) in [6.07, 6.45) is 1.60. The topological polar surface area (TPSA) is 81.3 Å². The van der Waals surface area contributed by atoms with Crippen molar-refractivity contribution in [2.75, 3.05) is 31.5 Å². The monoisotopic (exact) mass is 453 g/mol. The lowest BCUT2D eigenvalue weighted by Crippen LogP contribution is -2.48. The van der Waals surface area contributed by atoms with Crippen molar-refractivity contribution in [3.63, 3.8) is 0 Å². The number of carbonyl (C=O) groups excluding carboxylic acids is 2. The van der Waals surface area contributed by atoms with Crippen molar-refractivity contribution in [3.05, 3.63) is 95.3 Å². The molecule has 2 amide bonds. The summed E-state index contributed by atoms with van der Waals surface area (Å²) in [5, 5.41) is 2.90. The first-order valence-electron chi connectivity index (χ1n) is 11.5. The summed E-state index contributed by atoms with van der Waals surface area (Å²) in [4.78, 5) is 37.3. The molecule has 4 aromatic rings. The van der Waals surface area contributed by atoms with E-state index < -0.39 is 0 Å². The summed E-state index contributed by atoms with van der Waals surface area (Å²) < 4.78 is 0. The minimum Gasteiger partial charge on any atom is -0.345 e. The number of carbonyl (C=O) groups is 2. The first-order chi connectivity index (χ1) is 16.5. The Bertz CT molecular complexity index is 1340. The average molecular weight is 454 g/mol. The normalized spacial score (nSPS) is 14.3. The zero-order chi connectivity index (χ0) is 23.5. The summed E-state index contributed by atoms with van der Waals surface area (Å²) in [5.41, 5.74) is 5.88. The van der Waals surface area contributed by atoms with Gasteiger partial charge in [-0.1, -0.05) is 35.9 Å². The van der Waals surface area contributed by atoms with Crippen molar-refractivity contribution in [1.29, 1.82) is 0 Å². The van der Waals surface area contributed by atoms with Gasteiger partial charge >= 0.3 is 0 Å². The molecule has 2 N–H and O–H groups in total. The third-order valence-electron chi connectivity index (χ3n) is 6.20. The van der Waals surface area contributed by atoms with Gasteiger partial charge in [-0.2, -0.15) is 0 Å². The Kier molecular flexibility index (Phi) is 6.10. The van der Waals surface area contributed by atoms with E-state index in [1.54, 1.807) is 48.8 Å². The van der Waals surface area contributed by atoms with Crippen LogP contribution >= 0.6 is 0 Å². The molecule has 7 heteroatoms. The van der Waals surface area contributed by atoms with E-state index in [2.05, 4.69) is 51.4 Å². The number of rotatable bonds is 5. The number of nitrogens with zero attached hydrogens (tertiary/aromatic N) is 3. The van der Waals surface area contributed by atoms with Gasteiger partial charge in [-0.3, -0.25) is 14.5 Å². The molecule has 0 spiro atoms. The van der Waals surface area contributed by atoms with Gasteiger partial charge in [0.05, 0.1) is 17.4 Å². The predicted octanol–water partition coefficient (Wildman–Crippen LogP) is 4.08. The number of aromatic amines is 1. The molecule has 1 saturated heterocycles. The minimum absolute atomic E-state index is 0.00909. The highest BCUT2D eigenvalue weighted by Gasteiger charge is 2.22. The van der Waals surface area contributed by atoms with Gasteiger partial charge in [-0.05, 0) is 48.9 Å². The van der Waals surface area contributed by atoms with Crippen LogP contribution in [0, 0.1) is 6.92 Å². The molecule has 1 fully saturated rings. The van der Waals surface area contributed by atoms with Crippen LogP contribution in [-0.2, 0) is 6.54 Å². The molecule has 0 bridgehead atoms. The molecule has 3 aromatic carbocycles. The van der Waals surface area contributed by atoms with Crippen LogP contribution in [0.3, 0.4) is 0 Å². The maximum absolute atomic E-state index is 13.1. The first kappa shape index (κ1) is 21.9. The molecule has 172 valence electrons. The summed E-state index contributed by atoms with van der Waals surface area (Å²) in [5.74, 6) is -0.240. The highest BCUT2D eigenvalue weighted by atomic mass is 16.2. The van der Waals surface area contributed by atoms with Crippen molar-refractivity contribution in [3.8, 4) is 0 Å². The van der Waals surface area contributed by atoms with Crippen LogP contribution in [0.25, 0.3) is 11.0 Å². The summed E-state index contributed by atoms with van der Waals surface area (Å²) in [6, 6.07) is 21.0. The van der Waals surface area contributed by atoms with E-state index >= 15 is 0 Å². The third-order valence-corrected chi connectivity index (χ3v) is 6.20. The van der Waals surface area contributed by atoms with Gasteiger partial charge in [-0.25, -0.2) is 4.98 Å². The van der Waals surface area contributed by atoms with Crippen LogP contribution < -0.4 is 5.32 Å². The largest absolute Gasteiger partial charge is 0.345 e. The zero-order valence-electron chi connectivity index (χ0n) is 19.1. The van der Waals surface area contributed by atoms with E-state index in [0.29, 0.717) is 29.9 Å². The van der Waals surface area contributed by atoms with Gasteiger partial charge < -0.3 is 15.2 Å². The number of benzene rings is 3. The van der Waals surface area contributed by atoms with Gasteiger partial charge in [0, 0.05) is 49.5 Å². The lowest BCUT2D eigenvalue weighted by molar-refractivity contribution is 0.0628. The van der Waals surface area contributed by atoms with Gasteiger partial charge in [0.2, 0.25) is 0 Å². The zero-order valence-corrected chi connectivity index (χ0v) is 19.1. The number of nitrogens with one attached hydrogen (secondary N) is 2. The Morgan fingerprint density at radius 3 is 2.59 bits per heavy atom. The van der Waals surface area contributed by atoms with E-state index in [1.807, 2.05) is 4.90 Å². The molecule has 1 aliphatic heterocycles. The Morgan fingerprint density at radius 1 is 0.941 bits per heavy atom. The van der Waals surface area contributed by atoms with Crippen molar-refractivity contribution in [1.82, 2.24) is 19.8 Å². The smallest absolute Gasteiger partial charge is 0.255 e. The van der Waals surface area contributed by atoms with Crippen molar-refractivity contribution < 1.29 is 9.59 Å². The molecule has 34 heavy (non-hydrogen) atoms. The van der Waals surface area contributed by atoms with Gasteiger partial charge in [0.1, 0.15) is 0 Å². The molecule has 0 atom stereocenters. The molecule has 0 radical (unpaired) electrons. The van der Waals surface area contributed by atoms with Crippen molar-refractivity contribution >= 4 is 28.5 Å². The summed E-state index contributed by atoms with van der Waals surface area (Å²) >= 11 is 0. The van der Waals surface area contributed by atoms with Crippen molar-refractivity contribution in [2.24, 2.45) is 0 Å². The van der Waals surface area contributed by atoms with Gasteiger partial charge in [0.25, 0.3) is 11.8 Å². The maximum Gasteiger partial charge on any atom is 0.255 e. The Labute approximate surface area is 198 Å². The molecular weight excluding hydrogens is 426 g/mol. The number of piperazine rings is 1. The first-order valence-corrected chi connectivity index (χ1v) is 11.5. The number of aryl methyl sites for hydroxylation is 1. The van der Waals surface area contributed by atoms with Crippen LogP contribution in [0.5, 0.6) is 0 Å². The quantitative estimate of drug-likeness (QED) is 0.477. The van der Waals surface area contributed by atoms with Gasteiger partial charge in [0.15, 0.2) is 0 Å². The van der Waals surface area contributed by atoms with Crippen LogP contribution in [0.4, 0.5) is 5.69 Å². The fourth-order valence-corrected chi connectivity index (χ4v) is 4.37. The number of hydrogen-bond acceptors (Lipinski definition) is 4. The molecule has 5 rings (SSSR count). The van der Waals surface area contributed by atoms with Crippen molar-refractivity contribution in [2.45, 2.75) is 13.5 Å². The predicted molar refractivity (Wildman–Crippen MR) is 133 cm³/mol. The van der Waals surface area contributed by atoms with E-state index in [9.17, 15) is 9.59 Å². The lowest BCUT2D eigenvalue weighted by atomic mass is 10.1. The second-order valence-corrected chi connectivity index (χ2v) is 8.73.